The molecule has 0 spiro atoms. The summed E-state index contributed by atoms with van der Waals surface area (Å²) in [5.41, 5.74) is 3.42. The lowest BCUT2D eigenvalue weighted by molar-refractivity contribution is 0.0773. The summed E-state index contributed by atoms with van der Waals surface area (Å²) in [6.45, 7) is 5.54. The Bertz CT molecular complexity index is 507. The minimum atomic E-state index is 0.123. The van der Waals surface area contributed by atoms with Crippen molar-refractivity contribution in [3.05, 3.63) is 59.2 Å². The largest absolute Gasteiger partial charge is 0.339 e. The highest BCUT2D eigenvalue weighted by atomic mass is 16.2. The number of benzene rings is 1. The molecule has 0 saturated heterocycles. The van der Waals surface area contributed by atoms with Gasteiger partial charge in [-0.25, -0.2) is 0 Å². The molecule has 0 heterocycles. The molecule has 20 heavy (non-hydrogen) atoms. The number of hydrogen-bond donors (Lipinski definition) is 0. The van der Waals surface area contributed by atoms with Crippen LogP contribution in [0.5, 0.6) is 0 Å². The van der Waals surface area contributed by atoms with E-state index in [0.717, 1.165) is 37.9 Å². The molecule has 0 radical (unpaired) electrons. The normalized spacial score (nSPS) is 14.0. The summed E-state index contributed by atoms with van der Waals surface area (Å²) in [5, 5.41) is 0. The van der Waals surface area contributed by atoms with Crippen LogP contribution in [0.1, 0.15) is 42.6 Å². The molecule has 0 aromatic heterocycles. The third-order valence-corrected chi connectivity index (χ3v) is 3.73. The van der Waals surface area contributed by atoms with E-state index in [-0.39, 0.29) is 5.91 Å². The lowest BCUT2D eigenvalue weighted by Gasteiger charge is -2.18. The van der Waals surface area contributed by atoms with Gasteiger partial charge < -0.3 is 4.90 Å². The van der Waals surface area contributed by atoms with Gasteiger partial charge in [0.2, 0.25) is 0 Å². The van der Waals surface area contributed by atoms with E-state index in [1.54, 1.807) is 0 Å². The Hall–Kier alpha value is -1.83. The van der Waals surface area contributed by atoms with Gasteiger partial charge in [-0.2, -0.15) is 0 Å². The van der Waals surface area contributed by atoms with Crippen molar-refractivity contribution >= 4 is 5.91 Å². The zero-order valence-corrected chi connectivity index (χ0v) is 12.4. The maximum atomic E-state index is 12.2. The third kappa shape index (κ3) is 3.60. The van der Waals surface area contributed by atoms with Crippen LogP contribution in [-0.2, 0) is 6.42 Å². The fourth-order valence-electron chi connectivity index (χ4n) is 2.49. The fraction of sp³-hybridized carbons (Fsp3) is 0.389. The van der Waals surface area contributed by atoms with E-state index in [1.165, 1.54) is 11.1 Å². The van der Waals surface area contributed by atoms with Gasteiger partial charge in [-0.3, -0.25) is 4.79 Å². The second-order valence-electron chi connectivity index (χ2n) is 5.11. The number of nitrogens with zero attached hydrogens (tertiary/aromatic N) is 1. The minimum Gasteiger partial charge on any atom is -0.339 e. The first kappa shape index (κ1) is 14.6. The molecule has 1 amide bonds. The van der Waals surface area contributed by atoms with E-state index >= 15 is 0 Å². The molecule has 0 fully saturated rings. The summed E-state index contributed by atoms with van der Waals surface area (Å²) in [6.07, 6.45) is 9.99. The topological polar surface area (TPSA) is 20.3 Å². The van der Waals surface area contributed by atoms with Crippen LogP contribution in [0.15, 0.2) is 48.1 Å². The maximum absolute atomic E-state index is 12.2. The Morgan fingerprint density at radius 3 is 2.35 bits per heavy atom. The average Bonchev–Trinajstić information content (AvgIpc) is 2.50. The molecule has 0 bridgehead atoms. The van der Waals surface area contributed by atoms with Gasteiger partial charge in [0, 0.05) is 18.7 Å². The van der Waals surface area contributed by atoms with Crippen LogP contribution in [0.25, 0.3) is 0 Å². The van der Waals surface area contributed by atoms with Crippen LogP contribution < -0.4 is 0 Å². The second-order valence-corrected chi connectivity index (χ2v) is 5.11. The summed E-state index contributed by atoms with van der Waals surface area (Å²) >= 11 is 0. The van der Waals surface area contributed by atoms with Crippen molar-refractivity contribution in [2.75, 3.05) is 13.1 Å². The van der Waals surface area contributed by atoms with Crippen molar-refractivity contribution in [1.29, 1.82) is 0 Å². The zero-order valence-electron chi connectivity index (χ0n) is 12.4. The molecule has 0 unspecified atom stereocenters. The Morgan fingerprint density at radius 2 is 1.80 bits per heavy atom. The van der Waals surface area contributed by atoms with Crippen molar-refractivity contribution in [2.45, 2.75) is 33.1 Å². The Labute approximate surface area is 121 Å². The Balaban J connectivity index is 2.04. The van der Waals surface area contributed by atoms with Crippen LogP contribution in [0.4, 0.5) is 0 Å². The van der Waals surface area contributed by atoms with Crippen molar-refractivity contribution in [1.82, 2.24) is 4.90 Å². The van der Waals surface area contributed by atoms with Crippen LogP contribution in [-0.4, -0.2) is 23.9 Å². The summed E-state index contributed by atoms with van der Waals surface area (Å²) in [7, 11) is 0. The predicted molar refractivity (Wildman–Crippen MR) is 83.9 cm³/mol. The first-order valence-corrected chi connectivity index (χ1v) is 7.48. The molecule has 1 aliphatic carbocycles. The number of amides is 1. The van der Waals surface area contributed by atoms with E-state index in [2.05, 4.69) is 30.4 Å². The number of hydrogen-bond acceptors (Lipinski definition) is 1. The fourth-order valence-corrected chi connectivity index (χ4v) is 2.49. The van der Waals surface area contributed by atoms with Crippen molar-refractivity contribution in [3.8, 4) is 0 Å². The summed E-state index contributed by atoms with van der Waals surface area (Å²) in [5.74, 6) is 0.123. The van der Waals surface area contributed by atoms with Crippen LogP contribution in [0, 0.1) is 0 Å². The average molecular weight is 269 g/mol. The zero-order chi connectivity index (χ0) is 14.4. The molecule has 0 aliphatic heterocycles. The molecule has 1 aliphatic rings. The molecule has 0 saturated carbocycles. The monoisotopic (exact) mass is 269 g/mol. The van der Waals surface area contributed by atoms with E-state index in [4.69, 9.17) is 0 Å². The first-order valence-electron chi connectivity index (χ1n) is 7.48. The molecule has 0 atom stereocenters. The molecular formula is C18H23NO. The molecule has 106 valence electrons. The number of rotatable bonds is 5. The van der Waals surface area contributed by atoms with Crippen LogP contribution in [0.2, 0.25) is 0 Å². The van der Waals surface area contributed by atoms with E-state index in [1.807, 2.05) is 30.9 Å². The van der Waals surface area contributed by atoms with Gasteiger partial charge in [0.25, 0.3) is 5.91 Å². The molecule has 2 nitrogen and oxygen atoms in total. The SMILES string of the molecule is CCN(CC)C(=O)c1ccc(CC2=CCCC=C2)cc1. The van der Waals surface area contributed by atoms with Gasteiger partial charge in [0.15, 0.2) is 0 Å². The predicted octanol–water partition coefficient (Wildman–Crippen LogP) is 3.99. The third-order valence-electron chi connectivity index (χ3n) is 3.73. The summed E-state index contributed by atoms with van der Waals surface area (Å²) < 4.78 is 0. The lowest BCUT2D eigenvalue weighted by atomic mass is 9.99. The number of carbonyl (C=O) groups excluding carboxylic acids is 1. The van der Waals surface area contributed by atoms with Gasteiger partial charge in [0.1, 0.15) is 0 Å². The molecule has 2 heteroatoms. The highest BCUT2D eigenvalue weighted by molar-refractivity contribution is 5.94. The van der Waals surface area contributed by atoms with Crippen molar-refractivity contribution < 1.29 is 4.79 Å². The number of carbonyl (C=O) groups is 1. The van der Waals surface area contributed by atoms with Gasteiger partial charge >= 0.3 is 0 Å². The maximum Gasteiger partial charge on any atom is 0.253 e. The highest BCUT2D eigenvalue weighted by Gasteiger charge is 2.11. The summed E-state index contributed by atoms with van der Waals surface area (Å²) in [4.78, 5) is 14.1. The molecule has 0 N–H and O–H groups in total. The standard InChI is InChI=1S/C18H23NO/c1-3-19(4-2)18(20)17-12-10-16(11-13-17)14-15-8-6-5-7-9-15/h6,8-13H,3-5,7,14H2,1-2H3. The highest BCUT2D eigenvalue weighted by Crippen LogP contribution is 2.16. The van der Waals surface area contributed by atoms with Gasteiger partial charge in [0.05, 0.1) is 0 Å². The van der Waals surface area contributed by atoms with Gasteiger partial charge in [-0.05, 0) is 56.4 Å². The van der Waals surface area contributed by atoms with Crippen molar-refractivity contribution in [2.24, 2.45) is 0 Å². The van der Waals surface area contributed by atoms with Crippen LogP contribution >= 0.6 is 0 Å². The van der Waals surface area contributed by atoms with E-state index in [9.17, 15) is 4.79 Å². The Morgan fingerprint density at radius 1 is 1.10 bits per heavy atom. The minimum absolute atomic E-state index is 0.123. The van der Waals surface area contributed by atoms with E-state index < -0.39 is 0 Å². The van der Waals surface area contributed by atoms with Gasteiger partial charge in [-0.15, -0.1) is 0 Å². The van der Waals surface area contributed by atoms with Crippen LogP contribution in [0.3, 0.4) is 0 Å². The number of allylic oxidation sites excluding steroid dienone is 4. The Kier molecular flexibility index (Phi) is 5.16. The second kappa shape index (κ2) is 7.09. The summed E-state index contributed by atoms with van der Waals surface area (Å²) in [6, 6.07) is 8.03. The lowest BCUT2D eigenvalue weighted by Crippen LogP contribution is -2.30. The first-order chi connectivity index (χ1) is 9.74. The quantitative estimate of drug-likeness (QED) is 0.791. The van der Waals surface area contributed by atoms with Crippen molar-refractivity contribution in [3.63, 3.8) is 0 Å². The van der Waals surface area contributed by atoms with E-state index in [0.29, 0.717) is 0 Å². The molecular weight excluding hydrogens is 246 g/mol. The molecule has 1 aromatic rings. The molecule has 1 aromatic carbocycles. The van der Waals surface area contributed by atoms with Gasteiger partial charge in [-0.1, -0.05) is 30.4 Å². The smallest absolute Gasteiger partial charge is 0.253 e. The molecule has 2 rings (SSSR count).